The molecule has 106 valence electrons. The number of rotatable bonds is 4. The average molecular weight is 364 g/mol. The van der Waals surface area contributed by atoms with E-state index >= 15 is 0 Å². The summed E-state index contributed by atoms with van der Waals surface area (Å²) in [6.45, 7) is 0.0836. The molecular formula is C15H10BrNO3S. The van der Waals surface area contributed by atoms with Gasteiger partial charge in [0, 0.05) is 4.47 Å². The molecule has 0 aliphatic heterocycles. The highest BCUT2D eigenvalue weighted by molar-refractivity contribution is 9.10. The van der Waals surface area contributed by atoms with Crippen LogP contribution in [0, 0.1) is 0 Å². The quantitative estimate of drug-likeness (QED) is 0.639. The summed E-state index contributed by atoms with van der Waals surface area (Å²) < 4.78 is 11.4. The van der Waals surface area contributed by atoms with Gasteiger partial charge in [0.15, 0.2) is 0 Å². The Morgan fingerprint density at radius 3 is 3.00 bits per heavy atom. The van der Waals surface area contributed by atoms with Gasteiger partial charge in [0.2, 0.25) is 5.89 Å². The minimum absolute atomic E-state index is 0.0836. The molecule has 0 saturated heterocycles. The molecule has 21 heavy (non-hydrogen) atoms. The molecule has 3 aromatic rings. The SMILES string of the molecule is O=C(OCc1coc(-c2cccs2)n1)c1cccc(Br)c1. The lowest BCUT2D eigenvalue weighted by Gasteiger charge is -2.02. The molecule has 0 saturated carbocycles. The van der Waals surface area contributed by atoms with Crippen molar-refractivity contribution in [1.29, 1.82) is 0 Å². The smallest absolute Gasteiger partial charge is 0.338 e. The fourth-order valence-corrected chi connectivity index (χ4v) is 2.78. The lowest BCUT2D eigenvalue weighted by Crippen LogP contribution is -2.05. The van der Waals surface area contributed by atoms with E-state index in [9.17, 15) is 4.79 Å². The van der Waals surface area contributed by atoms with Crippen LogP contribution in [0.5, 0.6) is 0 Å². The zero-order valence-corrected chi connectivity index (χ0v) is 13.2. The Balaban J connectivity index is 1.64. The Hall–Kier alpha value is -1.92. The molecule has 0 aliphatic rings. The zero-order valence-electron chi connectivity index (χ0n) is 10.8. The number of oxazole rings is 1. The van der Waals surface area contributed by atoms with Crippen LogP contribution in [0.4, 0.5) is 0 Å². The Bertz CT molecular complexity index is 752. The fourth-order valence-electron chi connectivity index (χ4n) is 1.72. The summed E-state index contributed by atoms with van der Waals surface area (Å²) in [5.41, 5.74) is 1.08. The van der Waals surface area contributed by atoms with Gasteiger partial charge in [-0.1, -0.05) is 28.1 Å². The van der Waals surface area contributed by atoms with Crippen LogP contribution in [0.2, 0.25) is 0 Å². The third-order valence-corrected chi connectivity index (χ3v) is 4.05. The van der Waals surface area contributed by atoms with Gasteiger partial charge in [-0.15, -0.1) is 11.3 Å². The normalized spacial score (nSPS) is 10.5. The summed E-state index contributed by atoms with van der Waals surface area (Å²) in [6, 6.07) is 10.9. The first-order valence-corrected chi connectivity index (χ1v) is 7.80. The second-order valence-corrected chi connectivity index (χ2v) is 6.07. The largest absolute Gasteiger partial charge is 0.455 e. The standard InChI is InChI=1S/C15H10BrNO3S/c16-11-4-1-3-10(7-11)15(18)20-9-12-8-19-14(17-12)13-5-2-6-21-13/h1-8H,9H2. The molecule has 4 nitrogen and oxygen atoms in total. The van der Waals surface area contributed by atoms with E-state index in [4.69, 9.17) is 9.15 Å². The number of halogens is 1. The van der Waals surface area contributed by atoms with Gasteiger partial charge in [0.05, 0.1) is 10.4 Å². The lowest BCUT2D eigenvalue weighted by molar-refractivity contribution is 0.0467. The predicted molar refractivity (Wildman–Crippen MR) is 83.1 cm³/mol. The van der Waals surface area contributed by atoms with Gasteiger partial charge >= 0.3 is 5.97 Å². The van der Waals surface area contributed by atoms with Crippen LogP contribution in [-0.2, 0) is 11.3 Å². The van der Waals surface area contributed by atoms with Gasteiger partial charge in [-0.05, 0) is 29.6 Å². The van der Waals surface area contributed by atoms with E-state index in [2.05, 4.69) is 20.9 Å². The third-order valence-electron chi connectivity index (χ3n) is 2.70. The Labute approximate surface area is 133 Å². The molecule has 2 aromatic heterocycles. The summed E-state index contributed by atoms with van der Waals surface area (Å²) in [6.07, 6.45) is 1.50. The third kappa shape index (κ3) is 3.40. The maximum absolute atomic E-state index is 11.9. The highest BCUT2D eigenvalue weighted by Gasteiger charge is 2.11. The molecule has 0 amide bonds. The van der Waals surface area contributed by atoms with Crippen molar-refractivity contribution in [3.8, 4) is 10.8 Å². The van der Waals surface area contributed by atoms with E-state index in [0.717, 1.165) is 9.35 Å². The molecule has 0 fully saturated rings. The maximum Gasteiger partial charge on any atom is 0.338 e. The number of aromatic nitrogens is 1. The summed E-state index contributed by atoms with van der Waals surface area (Å²) in [5, 5.41) is 1.95. The van der Waals surface area contributed by atoms with Crippen molar-refractivity contribution in [1.82, 2.24) is 4.98 Å². The van der Waals surface area contributed by atoms with Crippen molar-refractivity contribution < 1.29 is 13.9 Å². The Morgan fingerprint density at radius 2 is 2.24 bits per heavy atom. The van der Waals surface area contributed by atoms with E-state index in [1.807, 2.05) is 23.6 Å². The topological polar surface area (TPSA) is 52.3 Å². The fraction of sp³-hybridized carbons (Fsp3) is 0.0667. The maximum atomic E-state index is 11.9. The summed E-state index contributed by atoms with van der Waals surface area (Å²) in [5.74, 6) is 0.149. The minimum Gasteiger partial charge on any atom is -0.455 e. The second kappa shape index (κ2) is 6.24. The molecule has 0 radical (unpaired) electrons. The molecule has 2 heterocycles. The number of hydrogen-bond donors (Lipinski definition) is 0. The van der Waals surface area contributed by atoms with Crippen LogP contribution in [0.25, 0.3) is 10.8 Å². The molecule has 1 aromatic carbocycles. The van der Waals surface area contributed by atoms with Crippen LogP contribution in [0.15, 0.2) is 56.9 Å². The Kier molecular flexibility index (Phi) is 4.17. The van der Waals surface area contributed by atoms with Crippen LogP contribution in [0.3, 0.4) is 0 Å². The van der Waals surface area contributed by atoms with E-state index in [0.29, 0.717) is 17.1 Å². The number of benzene rings is 1. The number of carbonyl (C=O) groups excluding carboxylic acids is 1. The van der Waals surface area contributed by atoms with Gasteiger partial charge in [0.1, 0.15) is 18.6 Å². The number of esters is 1. The summed E-state index contributed by atoms with van der Waals surface area (Å²) in [4.78, 5) is 17.1. The highest BCUT2D eigenvalue weighted by Crippen LogP contribution is 2.23. The van der Waals surface area contributed by atoms with Crippen LogP contribution < -0.4 is 0 Å². The van der Waals surface area contributed by atoms with E-state index in [1.165, 1.54) is 6.26 Å². The first-order chi connectivity index (χ1) is 10.2. The summed E-state index contributed by atoms with van der Waals surface area (Å²) in [7, 11) is 0. The Morgan fingerprint density at radius 1 is 1.33 bits per heavy atom. The second-order valence-electron chi connectivity index (χ2n) is 4.21. The first-order valence-electron chi connectivity index (χ1n) is 6.13. The minimum atomic E-state index is -0.392. The monoisotopic (exact) mass is 363 g/mol. The van der Waals surface area contributed by atoms with Crippen molar-refractivity contribution >= 4 is 33.2 Å². The predicted octanol–water partition coefficient (Wildman–Crippen LogP) is 4.52. The van der Waals surface area contributed by atoms with Crippen LogP contribution in [0.1, 0.15) is 16.1 Å². The van der Waals surface area contributed by atoms with Gasteiger partial charge < -0.3 is 9.15 Å². The first kappa shape index (κ1) is 14.0. The van der Waals surface area contributed by atoms with Crippen LogP contribution in [-0.4, -0.2) is 11.0 Å². The van der Waals surface area contributed by atoms with E-state index in [1.54, 1.807) is 29.5 Å². The average Bonchev–Trinajstić information content (AvgIpc) is 3.15. The van der Waals surface area contributed by atoms with Crippen molar-refractivity contribution in [3.63, 3.8) is 0 Å². The van der Waals surface area contributed by atoms with Gasteiger partial charge in [-0.2, -0.15) is 0 Å². The van der Waals surface area contributed by atoms with Crippen molar-refractivity contribution in [2.75, 3.05) is 0 Å². The van der Waals surface area contributed by atoms with Gasteiger partial charge in [-0.3, -0.25) is 0 Å². The molecule has 0 bridgehead atoms. The number of hydrogen-bond acceptors (Lipinski definition) is 5. The molecule has 6 heteroatoms. The lowest BCUT2D eigenvalue weighted by atomic mass is 10.2. The number of carbonyl (C=O) groups is 1. The molecule has 0 aliphatic carbocycles. The van der Waals surface area contributed by atoms with Crippen LogP contribution >= 0.6 is 27.3 Å². The van der Waals surface area contributed by atoms with E-state index < -0.39 is 5.97 Å². The highest BCUT2D eigenvalue weighted by atomic mass is 79.9. The van der Waals surface area contributed by atoms with Crippen molar-refractivity contribution in [3.05, 3.63) is 63.8 Å². The van der Waals surface area contributed by atoms with Crippen molar-refractivity contribution in [2.24, 2.45) is 0 Å². The molecular weight excluding hydrogens is 354 g/mol. The van der Waals surface area contributed by atoms with Crippen molar-refractivity contribution in [2.45, 2.75) is 6.61 Å². The van der Waals surface area contributed by atoms with E-state index in [-0.39, 0.29) is 6.61 Å². The molecule has 0 unspecified atom stereocenters. The summed E-state index contributed by atoms with van der Waals surface area (Å²) >= 11 is 4.86. The number of thiophene rings is 1. The van der Waals surface area contributed by atoms with Gasteiger partial charge in [0.25, 0.3) is 0 Å². The van der Waals surface area contributed by atoms with Gasteiger partial charge in [-0.25, -0.2) is 9.78 Å². The number of ether oxygens (including phenoxy) is 1. The molecule has 3 rings (SSSR count). The molecule has 0 N–H and O–H groups in total. The number of nitrogens with zero attached hydrogens (tertiary/aromatic N) is 1. The zero-order chi connectivity index (χ0) is 14.7. The molecule has 0 spiro atoms. The molecule has 0 atom stereocenters.